The van der Waals surface area contributed by atoms with Crippen molar-refractivity contribution in [1.82, 2.24) is 4.98 Å². The van der Waals surface area contributed by atoms with Gasteiger partial charge in [0.1, 0.15) is 11.5 Å². The van der Waals surface area contributed by atoms with Crippen molar-refractivity contribution in [3.05, 3.63) is 59.0 Å². The second-order valence-corrected chi connectivity index (χ2v) is 5.91. The van der Waals surface area contributed by atoms with E-state index in [0.717, 1.165) is 5.56 Å². The van der Waals surface area contributed by atoms with E-state index in [1.807, 2.05) is 0 Å². The molecule has 2 aromatic carbocycles. The van der Waals surface area contributed by atoms with Gasteiger partial charge in [-0.15, -0.1) is 11.3 Å². The molecule has 3 aromatic rings. The van der Waals surface area contributed by atoms with Gasteiger partial charge in [0.05, 0.1) is 12.3 Å². The summed E-state index contributed by atoms with van der Waals surface area (Å²) in [4.78, 5) is 16.5. The van der Waals surface area contributed by atoms with Crippen LogP contribution in [0.4, 0.5) is 5.13 Å². The summed E-state index contributed by atoms with van der Waals surface area (Å²) in [5, 5.41) is 33.0. The molecule has 0 aliphatic heterocycles. The van der Waals surface area contributed by atoms with Crippen LogP contribution >= 0.6 is 11.3 Å². The molecular weight excluding hydrogens is 328 g/mol. The average molecular weight is 342 g/mol. The molecule has 4 N–H and O–H groups in total. The van der Waals surface area contributed by atoms with E-state index in [4.69, 9.17) is 5.11 Å². The minimum Gasteiger partial charge on any atom is -0.508 e. The van der Waals surface area contributed by atoms with Crippen molar-refractivity contribution in [2.24, 2.45) is 0 Å². The molecule has 0 spiro atoms. The van der Waals surface area contributed by atoms with Crippen molar-refractivity contribution < 1.29 is 20.1 Å². The maximum Gasteiger partial charge on any atom is 0.257 e. The van der Waals surface area contributed by atoms with Gasteiger partial charge in [-0.25, -0.2) is 4.98 Å². The summed E-state index contributed by atoms with van der Waals surface area (Å²) in [5.41, 5.74) is 2.16. The van der Waals surface area contributed by atoms with Crippen molar-refractivity contribution in [3.8, 4) is 22.8 Å². The Hall–Kier alpha value is -2.90. The van der Waals surface area contributed by atoms with E-state index in [1.54, 1.807) is 35.7 Å². The third-order valence-electron chi connectivity index (χ3n) is 3.38. The summed E-state index contributed by atoms with van der Waals surface area (Å²) >= 11 is 1.23. The lowest BCUT2D eigenvalue weighted by molar-refractivity contribution is 0.102. The highest BCUT2D eigenvalue weighted by Gasteiger charge is 2.12. The molecular formula is C17H14N2O4S. The lowest BCUT2D eigenvalue weighted by Crippen LogP contribution is -2.11. The molecule has 0 bridgehead atoms. The van der Waals surface area contributed by atoms with Crippen LogP contribution in [0.2, 0.25) is 0 Å². The van der Waals surface area contributed by atoms with Crippen LogP contribution in [-0.2, 0) is 6.61 Å². The van der Waals surface area contributed by atoms with Crippen LogP contribution in [-0.4, -0.2) is 26.2 Å². The van der Waals surface area contributed by atoms with E-state index >= 15 is 0 Å². The van der Waals surface area contributed by atoms with Crippen LogP contribution in [0.5, 0.6) is 11.5 Å². The van der Waals surface area contributed by atoms with Gasteiger partial charge in [0.2, 0.25) is 0 Å². The van der Waals surface area contributed by atoms with Crippen LogP contribution in [0.25, 0.3) is 11.3 Å². The first-order chi connectivity index (χ1) is 11.6. The highest BCUT2D eigenvalue weighted by atomic mass is 32.1. The number of thiazole rings is 1. The number of hydrogen-bond acceptors (Lipinski definition) is 6. The van der Waals surface area contributed by atoms with E-state index in [-0.39, 0.29) is 24.0 Å². The van der Waals surface area contributed by atoms with Crippen molar-refractivity contribution >= 4 is 22.4 Å². The molecule has 0 saturated heterocycles. The number of aliphatic hydroxyl groups excluding tert-OH is 1. The second kappa shape index (κ2) is 6.69. The van der Waals surface area contributed by atoms with Gasteiger partial charge < -0.3 is 15.3 Å². The predicted octanol–water partition coefficient (Wildman–Crippen LogP) is 2.97. The zero-order valence-corrected chi connectivity index (χ0v) is 13.2. The number of carbonyl (C=O) groups is 1. The summed E-state index contributed by atoms with van der Waals surface area (Å²) in [5.74, 6) is -0.431. The molecule has 0 saturated carbocycles. The number of aliphatic hydroxyl groups is 1. The van der Waals surface area contributed by atoms with E-state index in [2.05, 4.69) is 10.3 Å². The highest BCUT2D eigenvalue weighted by Crippen LogP contribution is 2.33. The monoisotopic (exact) mass is 342 g/mol. The molecule has 0 atom stereocenters. The van der Waals surface area contributed by atoms with E-state index in [9.17, 15) is 15.0 Å². The first-order valence-electron chi connectivity index (χ1n) is 7.06. The number of nitrogens with one attached hydrogen (secondary N) is 1. The molecule has 1 heterocycles. The fourth-order valence-corrected chi connectivity index (χ4v) is 2.83. The highest BCUT2D eigenvalue weighted by molar-refractivity contribution is 7.14. The molecule has 3 rings (SSSR count). The number of anilines is 1. The third kappa shape index (κ3) is 3.37. The number of carbonyl (C=O) groups excluding carboxylic acids is 1. The molecule has 122 valence electrons. The Bertz CT molecular complexity index is 875. The van der Waals surface area contributed by atoms with Gasteiger partial charge in [-0.05, 0) is 29.8 Å². The Morgan fingerprint density at radius 1 is 1.12 bits per heavy atom. The first-order valence-corrected chi connectivity index (χ1v) is 7.94. The zero-order valence-electron chi connectivity index (χ0n) is 12.4. The van der Waals surface area contributed by atoms with Gasteiger partial charge in [0.25, 0.3) is 5.91 Å². The maximum absolute atomic E-state index is 12.2. The molecule has 24 heavy (non-hydrogen) atoms. The molecule has 1 aromatic heterocycles. The number of phenolic OH excluding ortho intramolecular Hbond substituents is 2. The minimum absolute atomic E-state index is 0.0358. The Kier molecular flexibility index (Phi) is 4.45. The summed E-state index contributed by atoms with van der Waals surface area (Å²) in [6.07, 6.45) is 0. The normalized spacial score (nSPS) is 10.5. The summed E-state index contributed by atoms with van der Waals surface area (Å²) in [6.45, 7) is -0.0755. The van der Waals surface area contributed by atoms with Crippen LogP contribution in [0.1, 0.15) is 15.9 Å². The second-order valence-electron chi connectivity index (χ2n) is 5.05. The number of rotatable bonds is 4. The van der Waals surface area contributed by atoms with Crippen molar-refractivity contribution in [2.75, 3.05) is 5.32 Å². The molecule has 0 radical (unpaired) electrons. The Labute approximate surface area is 141 Å². The lowest BCUT2D eigenvalue weighted by Gasteiger charge is -2.03. The van der Waals surface area contributed by atoms with Gasteiger partial charge in [0, 0.05) is 22.6 Å². The van der Waals surface area contributed by atoms with Gasteiger partial charge in [-0.2, -0.15) is 0 Å². The largest absolute Gasteiger partial charge is 0.508 e. The van der Waals surface area contributed by atoms with Gasteiger partial charge in [-0.1, -0.05) is 12.1 Å². The number of nitrogens with zero attached hydrogens (tertiary/aromatic N) is 1. The Morgan fingerprint density at radius 2 is 1.88 bits per heavy atom. The minimum atomic E-state index is -0.310. The molecule has 7 heteroatoms. The molecule has 0 fully saturated rings. The Morgan fingerprint density at radius 3 is 2.54 bits per heavy atom. The predicted molar refractivity (Wildman–Crippen MR) is 91.2 cm³/mol. The fraction of sp³-hybridized carbons (Fsp3) is 0.0588. The van der Waals surface area contributed by atoms with Crippen molar-refractivity contribution in [2.45, 2.75) is 6.61 Å². The number of amides is 1. The lowest BCUT2D eigenvalue weighted by atomic mass is 10.1. The topological polar surface area (TPSA) is 103 Å². The van der Waals surface area contributed by atoms with E-state index < -0.39 is 0 Å². The van der Waals surface area contributed by atoms with Crippen LogP contribution < -0.4 is 5.32 Å². The summed E-state index contributed by atoms with van der Waals surface area (Å²) in [7, 11) is 0. The SMILES string of the molecule is O=C(Nc1nc(-c2ccc(O)cc2O)cs1)c1ccc(CO)cc1. The first kappa shape index (κ1) is 16.0. The summed E-state index contributed by atoms with van der Waals surface area (Å²) < 4.78 is 0. The smallest absolute Gasteiger partial charge is 0.257 e. The van der Waals surface area contributed by atoms with E-state index in [0.29, 0.717) is 22.0 Å². The van der Waals surface area contributed by atoms with Gasteiger partial charge in [0.15, 0.2) is 5.13 Å². The molecule has 0 aliphatic rings. The van der Waals surface area contributed by atoms with E-state index in [1.165, 1.54) is 23.5 Å². The third-order valence-corrected chi connectivity index (χ3v) is 4.14. The number of aromatic nitrogens is 1. The summed E-state index contributed by atoms with van der Waals surface area (Å²) in [6, 6.07) is 10.8. The maximum atomic E-state index is 12.2. The van der Waals surface area contributed by atoms with Gasteiger partial charge >= 0.3 is 0 Å². The van der Waals surface area contributed by atoms with Crippen molar-refractivity contribution in [3.63, 3.8) is 0 Å². The fourth-order valence-electron chi connectivity index (χ4n) is 2.12. The Balaban J connectivity index is 1.76. The quantitative estimate of drug-likeness (QED) is 0.584. The van der Waals surface area contributed by atoms with Crippen LogP contribution in [0.15, 0.2) is 47.8 Å². The van der Waals surface area contributed by atoms with Crippen LogP contribution in [0.3, 0.4) is 0 Å². The molecule has 1 amide bonds. The molecule has 0 unspecified atom stereocenters. The average Bonchev–Trinajstić information content (AvgIpc) is 3.03. The zero-order chi connectivity index (χ0) is 17.1. The number of benzene rings is 2. The van der Waals surface area contributed by atoms with Gasteiger partial charge in [-0.3, -0.25) is 10.1 Å². The molecule has 0 aliphatic carbocycles. The van der Waals surface area contributed by atoms with Crippen LogP contribution in [0, 0.1) is 0 Å². The standard InChI is InChI=1S/C17H14N2O4S/c20-8-10-1-3-11(4-2-10)16(23)19-17-18-14(9-24-17)13-6-5-12(21)7-15(13)22/h1-7,9,20-22H,8H2,(H,18,19,23). The molecule has 6 nitrogen and oxygen atoms in total. The van der Waals surface area contributed by atoms with Crippen molar-refractivity contribution in [1.29, 1.82) is 0 Å². The number of hydrogen-bond donors (Lipinski definition) is 4. The number of phenols is 2. The number of aromatic hydroxyl groups is 2.